The second-order valence-electron chi connectivity index (χ2n) is 3.95. The molecule has 0 saturated heterocycles. The third-order valence-electron chi connectivity index (χ3n) is 2.38. The maximum Gasteiger partial charge on any atom is 0.417 e. The van der Waals surface area contributed by atoms with Crippen LogP contribution in [0.25, 0.3) is 0 Å². The summed E-state index contributed by atoms with van der Waals surface area (Å²) in [4.78, 5) is 23.5. The van der Waals surface area contributed by atoms with Crippen LogP contribution in [0.2, 0.25) is 0 Å². The van der Waals surface area contributed by atoms with E-state index in [9.17, 15) is 22.8 Å². The molecule has 0 amide bonds. The van der Waals surface area contributed by atoms with Crippen LogP contribution in [0.15, 0.2) is 10.8 Å². The molecule has 1 heterocycles. The molecule has 8 heteroatoms. The summed E-state index contributed by atoms with van der Waals surface area (Å²) < 4.78 is 42.6. The highest BCUT2D eigenvalue weighted by molar-refractivity contribution is 7.08. The summed E-state index contributed by atoms with van der Waals surface area (Å²) in [5.74, 6) is -2.17. The van der Waals surface area contributed by atoms with Crippen molar-refractivity contribution in [2.45, 2.75) is 25.6 Å². The summed E-state index contributed by atoms with van der Waals surface area (Å²) >= 11 is 0.714. The van der Waals surface area contributed by atoms with Crippen molar-refractivity contribution in [1.82, 2.24) is 0 Å². The minimum atomic E-state index is -4.67. The first-order valence-corrected chi connectivity index (χ1v) is 6.21. The first kappa shape index (κ1) is 15.6. The molecule has 19 heavy (non-hydrogen) atoms. The normalized spacial score (nSPS) is 14.8. The van der Waals surface area contributed by atoms with Gasteiger partial charge < -0.3 is 10.5 Å². The lowest BCUT2D eigenvalue weighted by molar-refractivity contribution is -0.147. The minimum absolute atomic E-state index is 0.0192. The molecule has 0 fully saturated rings. The number of ketones is 1. The van der Waals surface area contributed by atoms with Crippen molar-refractivity contribution in [3.05, 3.63) is 21.9 Å². The highest BCUT2D eigenvalue weighted by atomic mass is 32.1. The number of ether oxygens (including phenoxy) is 1. The zero-order chi connectivity index (χ0) is 14.8. The number of alkyl halides is 3. The average molecular weight is 295 g/mol. The van der Waals surface area contributed by atoms with Gasteiger partial charge in [-0.2, -0.15) is 24.5 Å². The fraction of sp³-hybridized carbons (Fsp3) is 0.455. The lowest BCUT2D eigenvalue weighted by atomic mass is 9.91. The van der Waals surface area contributed by atoms with Crippen LogP contribution in [0.3, 0.4) is 0 Å². The molecule has 4 nitrogen and oxygen atoms in total. The third-order valence-corrected chi connectivity index (χ3v) is 3.13. The van der Waals surface area contributed by atoms with Crippen LogP contribution in [0.5, 0.6) is 0 Å². The molecule has 0 spiro atoms. The Morgan fingerprint density at radius 3 is 2.42 bits per heavy atom. The summed E-state index contributed by atoms with van der Waals surface area (Å²) in [6.45, 7) is 2.52. The molecular formula is C11H12F3NO3S. The van der Waals surface area contributed by atoms with Gasteiger partial charge in [0.1, 0.15) is 0 Å². The summed E-state index contributed by atoms with van der Waals surface area (Å²) in [6, 6.07) is 0. The van der Waals surface area contributed by atoms with Gasteiger partial charge >= 0.3 is 12.1 Å². The number of thiophene rings is 1. The van der Waals surface area contributed by atoms with Gasteiger partial charge in [-0.1, -0.05) is 0 Å². The lowest BCUT2D eigenvalue weighted by Gasteiger charge is -2.21. The van der Waals surface area contributed by atoms with Gasteiger partial charge in [0.2, 0.25) is 0 Å². The second kappa shape index (κ2) is 5.30. The van der Waals surface area contributed by atoms with Gasteiger partial charge in [-0.3, -0.25) is 4.79 Å². The van der Waals surface area contributed by atoms with Crippen molar-refractivity contribution in [3.63, 3.8) is 0 Å². The molecule has 1 aromatic rings. The summed E-state index contributed by atoms with van der Waals surface area (Å²) in [5, 5.41) is 1.82. The zero-order valence-electron chi connectivity index (χ0n) is 10.2. The second-order valence-corrected chi connectivity index (χ2v) is 4.69. The van der Waals surface area contributed by atoms with E-state index in [4.69, 9.17) is 5.73 Å². The molecule has 0 aliphatic rings. The first-order valence-electron chi connectivity index (χ1n) is 5.26. The topological polar surface area (TPSA) is 69.4 Å². The Morgan fingerprint density at radius 1 is 1.37 bits per heavy atom. The number of nitrogens with two attached hydrogens (primary N) is 1. The van der Waals surface area contributed by atoms with E-state index in [1.807, 2.05) is 0 Å². The first-order chi connectivity index (χ1) is 8.62. The summed E-state index contributed by atoms with van der Waals surface area (Å²) in [5.41, 5.74) is 1.66. The quantitative estimate of drug-likeness (QED) is 0.525. The van der Waals surface area contributed by atoms with Crippen LogP contribution in [0.1, 0.15) is 29.8 Å². The predicted octanol–water partition coefficient (Wildman–Crippen LogP) is 2.23. The Hall–Kier alpha value is -1.41. The molecule has 1 aromatic heterocycles. The van der Waals surface area contributed by atoms with Crippen LogP contribution in [-0.4, -0.2) is 23.9 Å². The number of hydrogen-bond donors (Lipinski definition) is 1. The van der Waals surface area contributed by atoms with Crippen LogP contribution >= 0.6 is 11.3 Å². The van der Waals surface area contributed by atoms with Crippen molar-refractivity contribution in [2.75, 3.05) is 6.61 Å². The monoisotopic (exact) mass is 295 g/mol. The van der Waals surface area contributed by atoms with Crippen LogP contribution in [0.4, 0.5) is 13.2 Å². The van der Waals surface area contributed by atoms with E-state index in [2.05, 4.69) is 4.74 Å². The molecule has 0 aliphatic carbocycles. The van der Waals surface area contributed by atoms with E-state index in [0.29, 0.717) is 11.3 Å². The Kier molecular flexibility index (Phi) is 4.36. The predicted molar refractivity (Wildman–Crippen MR) is 62.9 cm³/mol. The Bertz CT molecular complexity index is 494. The van der Waals surface area contributed by atoms with Gasteiger partial charge in [0.05, 0.1) is 12.2 Å². The van der Waals surface area contributed by atoms with Gasteiger partial charge in [-0.25, -0.2) is 4.79 Å². The molecule has 0 aliphatic heterocycles. The van der Waals surface area contributed by atoms with E-state index in [1.54, 1.807) is 0 Å². The highest BCUT2D eigenvalue weighted by Crippen LogP contribution is 2.35. The molecular weight excluding hydrogens is 283 g/mol. The fourth-order valence-electron chi connectivity index (χ4n) is 1.35. The minimum Gasteiger partial charge on any atom is -0.464 e. The zero-order valence-corrected chi connectivity index (χ0v) is 11.0. The largest absolute Gasteiger partial charge is 0.464 e. The molecule has 2 N–H and O–H groups in total. The lowest BCUT2D eigenvalue weighted by Crippen LogP contribution is -2.53. The van der Waals surface area contributed by atoms with Crippen LogP contribution in [-0.2, 0) is 15.7 Å². The third kappa shape index (κ3) is 3.13. The maximum atomic E-state index is 12.7. The average Bonchev–Trinajstić information content (AvgIpc) is 2.76. The molecule has 0 saturated carbocycles. The number of rotatable bonds is 4. The number of esters is 1. The van der Waals surface area contributed by atoms with Crippen molar-refractivity contribution in [1.29, 1.82) is 0 Å². The van der Waals surface area contributed by atoms with Crippen molar-refractivity contribution in [2.24, 2.45) is 5.73 Å². The van der Waals surface area contributed by atoms with Gasteiger partial charge in [0.15, 0.2) is 11.3 Å². The molecule has 1 atom stereocenters. The fourth-order valence-corrected chi connectivity index (χ4v) is 2.18. The van der Waals surface area contributed by atoms with Gasteiger partial charge in [-0.15, -0.1) is 0 Å². The van der Waals surface area contributed by atoms with Gasteiger partial charge in [0, 0.05) is 16.3 Å². The smallest absolute Gasteiger partial charge is 0.417 e. The molecule has 1 rings (SSSR count). The molecule has 0 radical (unpaired) electrons. The molecule has 106 valence electrons. The number of carbonyl (C=O) groups is 2. The van der Waals surface area contributed by atoms with Crippen molar-refractivity contribution in [3.8, 4) is 0 Å². The molecule has 0 bridgehead atoms. The number of Topliss-reactive ketones (excluding diaryl/α,β-unsaturated/α-hetero) is 1. The number of carbonyl (C=O) groups excluding carboxylic acids is 2. The van der Waals surface area contributed by atoms with Crippen molar-refractivity contribution >= 4 is 23.1 Å². The highest BCUT2D eigenvalue weighted by Gasteiger charge is 2.44. The van der Waals surface area contributed by atoms with Crippen LogP contribution in [0, 0.1) is 0 Å². The van der Waals surface area contributed by atoms with E-state index in [0.717, 1.165) is 17.7 Å². The van der Waals surface area contributed by atoms with Gasteiger partial charge in [0.25, 0.3) is 0 Å². The van der Waals surface area contributed by atoms with Gasteiger partial charge in [-0.05, 0) is 13.8 Å². The summed E-state index contributed by atoms with van der Waals surface area (Å²) in [6.07, 6.45) is -4.67. The van der Waals surface area contributed by atoms with E-state index >= 15 is 0 Å². The summed E-state index contributed by atoms with van der Waals surface area (Å²) in [7, 11) is 0. The molecule has 0 aromatic carbocycles. The maximum absolute atomic E-state index is 12.7. The van der Waals surface area contributed by atoms with Crippen LogP contribution < -0.4 is 5.73 Å². The molecule has 1 unspecified atom stereocenters. The SMILES string of the molecule is CCOC(=O)C(C)(N)C(=O)c1cscc1C(F)(F)F. The van der Waals surface area contributed by atoms with E-state index in [1.165, 1.54) is 6.92 Å². The Balaban J connectivity index is 3.14. The Morgan fingerprint density at radius 2 is 1.95 bits per heavy atom. The number of halogens is 3. The Labute approximate surface area is 111 Å². The standard InChI is InChI=1S/C11H12F3NO3S/c1-3-18-9(17)10(2,15)8(16)6-4-19-5-7(6)11(12,13)14/h4-5H,3,15H2,1-2H3. The van der Waals surface area contributed by atoms with E-state index in [-0.39, 0.29) is 6.61 Å². The van der Waals surface area contributed by atoms with Crippen molar-refractivity contribution < 1.29 is 27.5 Å². The van der Waals surface area contributed by atoms with E-state index < -0.39 is 34.6 Å². The number of hydrogen-bond acceptors (Lipinski definition) is 5.